The number of carbonyl (C=O) groups is 4. The summed E-state index contributed by atoms with van der Waals surface area (Å²) >= 11 is 0. The zero-order chi connectivity index (χ0) is 18.0. The van der Waals surface area contributed by atoms with Crippen LogP contribution in [0.4, 0.5) is 0 Å². The van der Waals surface area contributed by atoms with Crippen LogP contribution in [0.25, 0.3) is 11.1 Å². The first-order valence-electron chi connectivity index (χ1n) is 6.36. The van der Waals surface area contributed by atoms with Gasteiger partial charge in [0.1, 0.15) is 0 Å². The Labute approximate surface area is 329 Å². The summed E-state index contributed by atoms with van der Waals surface area (Å²) in [5.74, 6) is -6.96. The predicted octanol–water partition coefficient (Wildman–Crippen LogP) is -15.2. The van der Waals surface area contributed by atoms with Crippen molar-refractivity contribution in [1.29, 1.82) is 0 Å². The fourth-order valence-corrected chi connectivity index (χ4v) is 2.14. The van der Waals surface area contributed by atoms with E-state index >= 15 is 0 Å². The minimum atomic E-state index is -1.76. The molecule has 2 aromatic carbocycles. The van der Waals surface area contributed by atoms with Crippen molar-refractivity contribution in [3.8, 4) is 11.1 Å². The van der Waals surface area contributed by atoms with Crippen molar-refractivity contribution in [2.45, 2.75) is 0 Å². The Balaban J connectivity index is -0.00000156. The van der Waals surface area contributed by atoms with E-state index in [0.717, 1.165) is 24.3 Å². The summed E-state index contributed by atoms with van der Waals surface area (Å²) in [7, 11) is 0. The van der Waals surface area contributed by atoms with Crippen LogP contribution in [0.15, 0.2) is 36.4 Å². The van der Waals surface area contributed by atoms with Crippen LogP contribution in [0, 0.1) is 0 Å². The molecule has 0 unspecified atom stereocenters. The molecule has 0 aliphatic rings. The number of rotatable bonds is 5. The molecule has 122 valence electrons. The van der Waals surface area contributed by atoms with Gasteiger partial charge in [0.25, 0.3) is 0 Å². The van der Waals surface area contributed by atoms with Crippen molar-refractivity contribution >= 4 is 23.9 Å². The van der Waals surface area contributed by atoms with Gasteiger partial charge in [0, 0.05) is 22.3 Å². The molecule has 0 spiro atoms. The Hall–Kier alpha value is 2.87. The molecule has 0 heterocycles. The number of benzene rings is 2. The van der Waals surface area contributed by atoms with Crippen molar-refractivity contribution < 1.29 is 245 Å². The SMILES string of the molecule is O=C([O-])c1ccc(-c2ccc(C(=O)[O-])c(C(=O)[O-])c2)cc1C(=O)[O-].[K+].[K+].[K+].[K+]. The Kier molecular flexibility index (Phi) is 20.9. The van der Waals surface area contributed by atoms with Gasteiger partial charge >= 0.3 is 206 Å². The predicted molar refractivity (Wildman–Crippen MR) is 69.2 cm³/mol. The second kappa shape index (κ2) is 16.5. The maximum Gasteiger partial charge on any atom is 1.00 e. The molecule has 0 saturated carbocycles. The van der Waals surface area contributed by atoms with Crippen LogP contribution in [0.2, 0.25) is 0 Å². The third kappa shape index (κ3) is 9.39. The molecule has 0 saturated heterocycles. The van der Waals surface area contributed by atoms with E-state index in [0.29, 0.717) is 0 Å². The summed E-state index contributed by atoms with van der Waals surface area (Å²) in [6.07, 6.45) is 0. The number of hydrogen-bond acceptors (Lipinski definition) is 8. The van der Waals surface area contributed by atoms with Gasteiger partial charge in [-0.25, -0.2) is 0 Å². The molecule has 0 amide bonds. The first kappa shape index (κ1) is 35.5. The minimum Gasteiger partial charge on any atom is -0.545 e. The van der Waals surface area contributed by atoms with Crippen LogP contribution in [-0.2, 0) is 0 Å². The standard InChI is InChI=1S/C16H10O8.4K/c17-13(18)9-3-1-7(5-11(9)15(21)22)8-2-4-10(14(19)20)12(6-8)16(23)24;;;;/h1-6H,(H,17,18)(H,19,20)(H,21,22)(H,23,24);;;;/q;4*+1/p-4. The second-order valence-corrected chi connectivity index (χ2v) is 4.67. The van der Waals surface area contributed by atoms with E-state index in [1.165, 1.54) is 12.1 Å². The molecular formula is C16H6K4O8. The molecule has 0 atom stereocenters. The van der Waals surface area contributed by atoms with Gasteiger partial charge in [0.2, 0.25) is 0 Å². The third-order valence-electron chi connectivity index (χ3n) is 3.25. The van der Waals surface area contributed by atoms with E-state index in [-0.39, 0.29) is 217 Å². The molecule has 12 heteroatoms. The maximum absolute atomic E-state index is 11.0. The average Bonchev–Trinajstić information content (AvgIpc) is 2.53. The van der Waals surface area contributed by atoms with Crippen LogP contribution in [0.1, 0.15) is 41.4 Å². The monoisotopic (exact) mass is 482 g/mol. The van der Waals surface area contributed by atoms with Gasteiger partial charge in [-0.1, -0.05) is 24.3 Å². The summed E-state index contributed by atoms with van der Waals surface area (Å²) in [6, 6.07) is 6.25. The van der Waals surface area contributed by atoms with Crippen LogP contribution >= 0.6 is 0 Å². The zero-order valence-corrected chi connectivity index (χ0v) is 28.2. The Morgan fingerprint density at radius 2 is 0.714 bits per heavy atom. The molecule has 2 aromatic rings. The molecular weight excluding hydrogens is 477 g/mol. The number of carbonyl (C=O) groups excluding carboxylic acids is 4. The van der Waals surface area contributed by atoms with Gasteiger partial charge in [-0.15, -0.1) is 0 Å². The second-order valence-electron chi connectivity index (χ2n) is 4.67. The van der Waals surface area contributed by atoms with Gasteiger partial charge < -0.3 is 39.6 Å². The Bertz CT molecular complexity index is 825. The number of hydrogen-bond donors (Lipinski definition) is 0. The third-order valence-corrected chi connectivity index (χ3v) is 3.25. The molecule has 0 N–H and O–H groups in total. The fourth-order valence-electron chi connectivity index (χ4n) is 2.14. The van der Waals surface area contributed by atoms with Crippen molar-refractivity contribution in [2.24, 2.45) is 0 Å². The first-order valence-corrected chi connectivity index (χ1v) is 6.36. The van der Waals surface area contributed by atoms with Crippen LogP contribution in [0.3, 0.4) is 0 Å². The van der Waals surface area contributed by atoms with Crippen molar-refractivity contribution in [2.75, 3.05) is 0 Å². The molecule has 0 fully saturated rings. The number of carboxylic acid groups (broad SMARTS) is 4. The zero-order valence-electron chi connectivity index (χ0n) is 15.7. The van der Waals surface area contributed by atoms with E-state index < -0.39 is 46.1 Å². The quantitative estimate of drug-likeness (QED) is 0.380. The van der Waals surface area contributed by atoms with E-state index in [4.69, 9.17) is 0 Å². The summed E-state index contributed by atoms with van der Waals surface area (Å²) < 4.78 is 0. The summed E-state index contributed by atoms with van der Waals surface area (Å²) in [6.45, 7) is 0. The average molecular weight is 483 g/mol. The minimum absolute atomic E-state index is 0. The summed E-state index contributed by atoms with van der Waals surface area (Å²) in [5, 5.41) is 43.8. The number of carboxylic acids is 4. The maximum atomic E-state index is 11.0. The fraction of sp³-hybridized carbons (Fsp3) is 0. The Morgan fingerprint density at radius 3 is 0.929 bits per heavy atom. The molecule has 0 radical (unpaired) electrons. The van der Waals surface area contributed by atoms with Crippen LogP contribution < -0.4 is 226 Å². The Morgan fingerprint density at radius 1 is 0.464 bits per heavy atom. The van der Waals surface area contributed by atoms with Gasteiger partial charge in [-0.3, -0.25) is 0 Å². The molecule has 0 aliphatic carbocycles. The van der Waals surface area contributed by atoms with Crippen molar-refractivity contribution in [3.63, 3.8) is 0 Å². The molecule has 8 nitrogen and oxygen atoms in total. The van der Waals surface area contributed by atoms with Gasteiger partial charge in [-0.05, 0) is 23.3 Å². The summed E-state index contributed by atoms with van der Waals surface area (Å²) in [5.41, 5.74) is -2.27. The molecule has 0 bridgehead atoms. The largest absolute Gasteiger partial charge is 1.00 e. The van der Waals surface area contributed by atoms with Crippen molar-refractivity contribution in [3.05, 3.63) is 58.7 Å². The molecule has 2 rings (SSSR count). The normalized spacial score (nSPS) is 8.71. The summed E-state index contributed by atoms with van der Waals surface area (Å²) in [4.78, 5) is 43.8. The van der Waals surface area contributed by atoms with E-state index in [9.17, 15) is 39.6 Å². The molecule has 28 heavy (non-hydrogen) atoms. The van der Waals surface area contributed by atoms with E-state index in [2.05, 4.69) is 0 Å². The van der Waals surface area contributed by atoms with Gasteiger partial charge in [0.05, 0.1) is 23.9 Å². The van der Waals surface area contributed by atoms with Gasteiger partial charge in [-0.2, -0.15) is 0 Å². The topological polar surface area (TPSA) is 161 Å². The van der Waals surface area contributed by atoms with Crippen molar-refractivity contribution in [1.82, 2.24) is 0 Å². The van der Waals surface area contributed by atoms with Crippen LogP contribution in [-0.4, -0.2) is 23.9 Å². The van der Waals surface area contributed by atoms with E-state index in [1.54, 1.807) is 0 Å². The first-order chi connectivity index (χ1) is 11.2. The smallest absolute Gasteiger partial charge is 0.545 e. The molecule has 0 aliphatic heterocycles. The number of aromatic carboxylic acids is 4. The molecule has 0 aromatic heterocycles. The van der Waals surface area contributed by atoms with Gasteiger partial charge in [0.15, 0.2) is 0 Å². The van der Waals surface area contributed by atoms with E-state index in [1.807, 2.05) is 0 Å². The van der Waals surface area contributed by atoms with Crippen LogP contribution in [0.5, 0.6) is 0 Å².